The van der Waals surface area contributed by atoms with Crippen molar-refractivity contribution in [2.24, 2.45) is 4.99 Å². The van der Waals surface area contributed by atoms with Crippen molar-refractivity contribution in [3.05, 3.63) is 70.0 Å². The Bertz CT molecular complexity index is 1090. The van der Waals surface area contributed by atoms with Gasteiger partial charge in [0.1, 0.15) is 0 Å². The van der Waals surface area contributed by atoms with Crippen molar-refractivity contribution >= 4 is 17.0 Å². The highest BCUT2D eigenvalue weighted by atomic mass is 16.3. The molecule has 0 radical (unpaired) electrons. The molecule has 2 aromatic carbocycles. The lowest BCUT2D eigenvalue weighted by atomic mass is 10.1. The van der Waals surface area contributed by atoms with E-state index >= 15 is 0 Å². The van der Waals surface area contributed by atoms with E-state index in [9.17, 15) is 9.90 Å². The van der Waals surface area contributed by atoms with Gasteiger partial charge in [-0.1, -0.05) is 35.9 Å². The number of benzene rings is 2. The van der Waals surface area contributed by atoms with E-state index in [2.05, 4.69) is 37.6 Å². The Morgan fingerprint density at radius 2 is 1.60 bits per heavy atom. The van der Waals surface area contributed by atoms with Crippen molar-refractivity contribution in [3.8, 4) is 11.6 Å². The van der Waals surface area contributed by atoms with E-state index in [4.69, 9.17) is 0 Å². The molecule has 5 heteroatoms. The van der Waals surface area contributed by atoms with E-state index in [1.165, 1.54) is 4.57 Å². The normalized spacial score (nSPS) is 12.1. The van der Waals surface area contributed by atoms with Crippen LogP contribution < -0.4 is 5.56 Å². The average molecular weight is 406 g/mol. The van der Waals surface area contributed by atoms with Crippen LogP contribution in [0.4, 0.5) is 0 Å². The molecular formula is C25H31N3O2. The topological polar surface area (TPSA) is 57.8 Å². The fraction of sp³-hybridized carbons (Fsp3) is 0.360. The number of aromatic nitrogens is 1. The molecule has 1 aromatic heterocycles. The Labute approximate surface area is 178 Å². The first-order chi connectivity index (χ1) is 14.3. The lowest BCUT2D eigenvalue weighted by molar-refractivity contribution is 0.181. The highest BCUT2D eigenvalue weighted by Gasteiger charge is 2.16. The van der Waals surface area contributed by atoms with Gasteiger partial charge in [-0.25, -0.2) is 4.57 Å². The second-order valence-electron chi connectivity index (χ2n) is 8.22. The van der Waals surface area contributed by atoms with E-state index < -0.39 is 0 Å². The van der Waals surface area contributed by atoms with Gasteiger partial charge in [0.2, 0.25) is 5.88 Å². The molecule has 0 aliphatic rings. The van der Waals surface area contributed by atoms with Gasteiger partial charge in [0, 0.05) is 35.6 Å². The second kappa shape index (κ2) is 9.26. The van der Waals surface area contributed by atoms with Crippen LogP contribution in [0, 0.1) is 6.92 Å². The number of fused-ring (bicyclic) bond motifs is 1. The summed E-state index contributed by atoms with van der Waals surface area (Å²) in [5.74, 6) is -0.0871. The first-order valence-electron chi connectivity index (χ1n) is 10.5. The van der Waals surface area contributed by atoms with Crippen molar-refractivity contribution in [2.75, 3.05) is 13.1 Å². The maximum atomic E-state index is 13.1. The third kappa shape index (κ3) is 4.46. The lowest BCUT2D eigenvalue weighted by Crippen LogP contribution is -2.38. The molecule has 0 aliphatic heterocycles. The van der Waals surface area contributed by atoms with Gasteiger partial charge in [0.05, 0.1) is 17.8 Å². The number of aromatic hydroxyl groups is 1. The first-order valence-corrected chi connectivity index (χ1v) is 10.5. The zero-order chi connectivity index (χ0) is 21.8. The van der Waals surface area contributed by atoms with Crippen LogP contribution in [0.3, 0.4) is 0 Å². The summed E-state index contributed by atoms with van der Waals surface area (Å²) in [6, 6.07) is 15.8. The SMILES string of the molecule is Cc1ccc(-n2c(O)c(C=NCCN(C(C)C)C(C)C)c3ccccc3c2=O)cc1. The molecule has 0 unspecified atom stereocenters. The second-order valence-corrected chi connectivity index (χ2v) is 8.22. The van der Waals surface area contributed by atoms with Gasteiger partial charge < -0.3 is 5.11 Å². The fourth-order valence-corrected chi connectivity index (χ4v) is 3.86. The van der Waals surface area contributed by atoms with Gasteiger partial charge in [0.15, 0.2) is 0 Å². The molecule has 0 atom stereocenters. The summed E-state index contributed by atoms with van der Waals surface area (Å²) in [6.45, 7) is 12.2. The van der Waals surface area contributed by atoms with Crippen LogP contribution in [0.1, 0.15) is 38.8 Å². The standard InChI is InChI=1S/C25H31N3O2/c1-17(2)27(18(3)4)15-14-26-16-23-21-8-6-7-9-22(21)24(29)28(25(23)30)20-12-10-19(5)11-13-20/h6-13,16-18,30H,14-15H2,1-5H3. The molecule has 0 spiro atoms. The van der Waals surface area contributed by atoms with Crippen LogP contribution in [0.25, 0.3) is 16.5 Å². The molecule has 0 bridgehead atoms. The van der Waals surface area contributed by atoms with Crippen molar-refractivity contribution in [2.45, 2.75) is 46.7 Å². The number of hydrogen-bond donors (Lipinski definition) is 1. The number of aryl methyl sites for hydroxylation is 1. The van der Waals surface area contributed by atoms with E-state index in [0.717, 1.165) is 12.1 Å². The molecule has 0 saturated carbocycles. The summed E-state index contributed by atoms with van der Waals surface area (Å²) in [7, 11) is 0. The van der Waals surface area contributed by atoms with Gasteiger partial charge in [-0.3, -0.25) is 14.7 Å². The fourth-order valence-electron chi connectivity index (χ4n) is 3.86. The predicted molar refractivity (Wildman–Crippen MR) is 125 cm³/mol. The van der Waals surface area contributed by atoms with Gasteiger partial charge in [-0.2, -0.15) is 0 Å². The van der Waals surface area contributed by atoms with E-state index in [1.54, 1.807) is 12.3 Å². The van der Waals surface area contributed by atoms with Crippen LogP contribution in [0.5, 0.6) is 5.88 Å². The minimum atomic E-state index is -0.241. The van der Waals surface area contributed by atoms with Gasteiger partial charge >= 0.3 is 0 Å². The Morgan fingerprint density at radius 1 is 1.00 bits per heavy atom. The zero-order valence-corrected chi connectivity index (χ0v) is 18.5. The Morgan fingerprint density at radius 3 is 2.20 bits per heavy atom. The molecule has 30 heavy (non-hydrogen) atoms. The molecule has 5 nitrogen and oxygen atoms in total. The molecule has 1 N–H and O–H groups in total. The largest absolute Gasteiger partial charge is 0.494 e. The number of pyridine rings is 1. The van der Waals surface area contributed by atoms with Crippen LogP contribution >= 0.6 is 0 Å². The summed E-state index contributed by atoms with van der Waals surface area (Å²) >= 11 is 0. The molecule has 3 rings (SSSR count). The number of aliphatic imine (C=N–C) groups is 1. The first kappa shape index (κ1) is 21.8. The third-order valence-electron chi connectivity index (χ3n) is 5.43. The molecule has 1 heterocycles. The summed E-state index contributed by atoms with van der Waals surface area (Å²) in [5, 5.41) is 12.3. The van der Waals surface area contributed by atoms with Gasteiger partial charge in [0.25, 0.3) is 5.56 Å². The maximum absolute atomic E-state index is 13.1. The highest BCUT2D eigenvalue weighted by Crippen LogP contribution is 2.26. The van der Waals surface area contributed by atoms with E-state index in [1.807, 2.05) is 49.4 Å². The molecule has 0 aliphatic carbocycles. The number of rotatable bonds is 7. The predicted octanol–water partition coefficient (Wildman–Crippen LogP) is 4.54. The summed E-state index contributed by atoms with van der Waals surface area (Å²) in [5.41, 5.74) is 2.05. The van der Waals surface area contributed by atoms with Crippen LogP contribution in [-0.4, -0.2) is 46.0 Å². The molecule has 0 amide bonds. The monoisotopic (exact) mass is 405 g/mol. The highest BCUT2D eigenvalue weighted by molar-refractivity contribution is 6.01. The molecule has 0 fully saturated rings. The smallest absolute Gasteiger partial charge is 0.265 e. The third-order valence-corrected chi connectivity index (χ3v) is 5.43. The molecule has 0 saturated heterocycles. The van der Waals surface area contributed by atoms with Gasteiger partial charge in [-0.15, -0.1) is 0 Å². The molecule has 3 aromatic rings. The Kier molecular flexibility index (Phi) is 6.73. The van der Waals surface area contributed by atoms with Crippen LogP contribution in [-0.2, 0) is 0 Å². The average Bonchev–Trinajstić information content (AvgIpc) is 2.71. The van der Waals surface area contributed by atoms with Crippen LogP contribution in [0.2, 0.25) is 0 Å². The minimum Gasteiger partial charge on any atom is -0.494 e. The number of nitrogens with zero attached hydrogens (tertiary/aromatic N) is 3. The van der Waals surface area contributed by atoms with Crippen molar-refractivity contribution in [3.63, 3.8) is 0 Å². The van der Waals surface area contributed by atoms with Crippen molar-refractivity contribution in [1.29, 1.82) is 0 Å². The Balaban J connectivity index is 2.04. The van der Waals surface area contributed by atoms with Crippen molar-refractivity contribution < 1.29 is 5.11 Å². The van der Waals surface area contributed by atoms with Gasteiger partial charge in [-0.05, 0) is 52.8 Å². The van der Waals surface area contributed by atoms with E-state index in [-0.39, 0.29) is 11.4 Å². The molecule has 158 valence electrons. The minimum absolute atomic E-state index is 0.0871. The molecular weight excluding hydrogens is 374 g/mol. The summed E-state index contributed by atoms with van der Waals surface area (Å²) in [4.78, 5) is 20.1. The van der Waals surface area contributed by atoms with Crippen molar-refractivity contribution in [1.82, 2.24) is 9.47 Å². The Hall–Kier alpha value is -2.92. The number of hydrogen-bond acceptors (Lipinski definition) is 4. The zero-order valence-electron chi connectivity index (χ0n) is 18.5. The quantitative estimate of drug-likeness (QED) is 0.587. The maximum Gasteiger partial charge on any atom is 0.265 e. The summed E-state index contributed by atoms with van der Waals surface area (Å²) in [6.07, 6.45) is 1.70. The van der Waals surface area contributed by atoms with E-state index in [0.29, 0.717) is 40.7 Å². The lowest BCUT2D eigenvalue weighted by Gasteiger charge is -2.29. The summed E-state index contributed by atoms with van der Waals surface area (Å²) < 4.78 is 1.36. The van der Waals surface area contributed by atoms with Crippen LogP contribution in [0.15, 0.2) is 58.3 Å².